The van der Waals surface area contributed by atoms with Crippen LogP contribution in [0.4, 0.5) is 0 Å². The quantitative estimate of drug-likeness (QED) is 0.799. The summed E-state index contributed by atoms with van der Waals surface area (Å²) in [5.74, 6) is 0.0633. The van der Waals surface area contributed by atoms with Gasteiger partial charge < -0.3 is 0 Å². The molecule has 1 aromatic heterocycles. The summed E-state index contributed by atoms with van der Waals surface area (Å²) in [5, 5.41) is 8.74. The Hall–Kier alpha value is -0.630. The number of rotatable bonds is 5. The van der Waals surface area contributed by atoms with Crippen LogP contribution >= 0.6 is 22.9 Å². The van der Waals surface area contributed by atoms with Crippen LogP contribution in [0.1, 0.15) is 18.7 Å². The molecule has 0 amide bonds. The van der Waals surface area contributed by atoms with Crippen molar-refractivity contribution in [2.24, 2.45) is 5.92 Å². The van der Waals surface area contributed by atoms with Gasteiger partial charge >= 0.3 is 0 Å². The number of nitrogens with zero attached hydrogens (tertiary/aromatic N) is 3. The van der Waals surface area contributed by atoms with Crippen molar-refractivity contribution in [2.75, 3.05) is 13.1 Å². The standard InChI is InChI=1S/C10H14ClN3S/c1-3-14(6-8(2)4-12)7-9-5-13-10(11)15-9/h5,8H,3,6-7H2,1-2H3. The summed E-state index contributed by atoms with van der Waals surface area (Å²) < 4.78 is 0.578. The van der Waals surface area contributed by atoms with E-state index in [-0.39, 0.29) is 5.92 Å². The summed E-state index contributed by atoms with van der Waals surface area (Å²) in [6.45, 7) is 6.58. The third kappa shape index (κ3) is 4.17. The van der Waals surface area contributed by atoms with E-state index < -0.39 is 0 Å². The molecular weight excluding hydrogens is 230 g/mol. The average Bonchev–Trinajstić information content (AvgIpc) is 2.62. The van der Waals surface area contributed by atoms with Gasteiger partial charge in [0.1, 0.15) is 0 Å². The lowest BCUT2D eigenvalue weighted by molar-refractivity contribution is 0.262. The first kappa shape index (κ1) is 12.4. The van der Waals surface area contributed by atoms with Crippen LogP contribution in [-0.2, 0) is 6.54 Å². The second-order valence-electron chi connectivity index (χ2n) is 3.44. The van der Waals surface area contributed by atoms with Gasteiger partial charge in [0.15, 0.2) is 4.47 Å². The molecule has 1 unspecified atom stereocenters. The second-order valence-corrected chi connectivity index (χ2v) is 5.13. The van der Waals surface area contributed by atoms with Gasteiger partial charge in [0, 0.05) is 24.2 Å². The largest absolute Gasteiger partial charge is 0.297 e. The van der Waals surface area contributed by atoms with Crippen LogP contribution in [0.3, 0.4) is 0 Å². The minimum Gasteiger partial charge on any atom is -0.297 e. The predicted molar refractivity (Wildman–Crippen MR) is 62.9 cm³/mol. The van der Waals surface area contributed by atoms with Crippen molar-refractivity contribution >= 4 is 22.9 Å². The lowest BCUT2D eigenvalue weighted by atomic mass is 10.2. The number of thiazole rings is 1. The number of aromatic nitrogens is 1. The zero-order chi connectivity index (χ0) is 11.3. The summed E-state index contributed by atoms with van der Waals surface area (Å²) >= 11 is 7.25. The highest BCUT2D eigenvalue weighted by molar-refractivity contribution is 7.15. The normalized spacial score (nSPS) is 12.7. The van der Waals surface area contributed by atoms with Gasteiger partial charge in [-0.15, -0.1) is 11.3 Å². The van der Waals surface area contributed by atoms with Gasteiger partial charge in [-0.05, 0) is 13.5 Å². The molecule has 1 rings (SSSR count). The first-order chi connectivity index (χ1) is 7.15. The molecule has 0 saturated heterocycles. The summed E-state index contributed by atoms with van der Waals surface area (Å²) in [6.07, 6.45) is 1.80. The Balaban J connectivity index is 2.51. The van der Waals surface area contributed by atoms with Gasteiger partial charge in [-0.2, -0.15) is 5.26 Å². The SMILES string of the molecule is CCN(Cc1cnc(Cl)s1)CC(C)C#N. The Labute approximate surface area is 99.3 Å². The summed E-state index contributed by atoms with van der Waals surface area (Å²) in [7, 11) is 0. The van der Waals surface area contributed by atoms with Crippen LogP contribution in [-0.4, -0.2) is 23.0 Å². The smallest absolute Gasteiger partial charge is 0.183 e. The molecule has 15 heavy (non-hydrogen) atoms. The van der Waals surface area contributed by atoms with E-state index in [1.807, 2.05) is 6.92 Å². The van der Waals surface area contributed by atoms with E-state index in [9.17, 15) is 0 Å². The zero-order valence-electron chi connectivity index (χ0n) is 8.90. The Morgan fingerprint density at radius 2 is 2.47 bits per heavy atom. The molecule has 1 heterocycles. The van der Waals surface area contributed by atoms with E-state index in [0.29, 0.717) is 4.47 Å². The second kappa shape index (κ2) is 6.06. The maximum absolute atomic E-state index is 8.74. The Morgan fingerprint density at radius 3 is 2.93 bits per heavy atom. The molecule has 0 spiro atoms. The number of hydrogen-bond acceptors (Lipinski definition) is 4. The van der Waals surface area contributed by atoms with E-state index in [0.717, 1.165) is 24.5 Å². The van der Waals surface area contributed by atoms with Crippen LogP contribution in [0.15, 0.2) is 6.20 Å². The molecular formula is C10H14ClN3S. The zero-order valence-corrected chi connectivity index (χ0v) is 10.5. The van der Waals surface area contributed by atoms with Crippen molar-refractivity contribution in [3.05, 3.63) is 15.5 Å². The highest BCUT2D eigenvalue weighted by atomic mass is 35.5. The first-order valence-corrected chi connectivity index (χ1v) is 6.07. The number of nitriles is 1. The van der Waals surface area contributed by atoms with Gasteiger partial charge in [0.25, 0.3) is 0 Å². The van der Waals surface area contributed by atoms with Gasteiger partial charge in [-0.3, -0.25) is 4.90 Å². The minimum atomic E-state index is 0.0633. The Morgan fingerprint density at radius 1 is 1.73 bits per heavy atom. The van der Waals surface area contributed by atoms with E-state index >= 15 is 0 Å². The molecule has 0 N–H and O–H groups in total. The highest BCUT2D eigenvalue weighted by Crippen LogP contribution is 2.19. The van der Waals surface area contributed by atoms with Gasteiger partial charge in [0.2, 0.25) is 0 Å². The molecule has 0 aliphatic heterocycles. The first-order valence-electron chi connectivity index (χ1n) is 4.87. The molecule has 82 valence electrons. The third-order valence-electron chi connectivity index (χ3n) is 2.10. The maximum Gasteiger partial charge on any atom is 0.183 e. The van der Waals surface area contributed by atoms with E-state index in [4.69, 9.17) is 16.9 Å². The third-order valence-corrected chi connectivity index (χ3v) is 3.20. The van der Waals surface area contributed by atoms with E-state index in [1.165, 1.54) is 11.3 Å². The van der Waals surface area contributed by atoms with Crippen molar-refractivity contribution in [1.29, 1.82) is 5.26 Å². The van der Waals surface area contributed by atoms with Crippen molar-refractivity contribution in [1.82, 2.24) is 9.88 Å². The molecule has 1 atom stereocenters. The molecule has 0 aliphatic rings. The molecule has 0 aromatic carbocycles. The molecule has 0 bridgehead atoms. The highest BCUT2D eigenvalue weighted by Gasteiger charge is 2.10. The summed E-state index contributed by atoms with van der Waals surface area (Å²) in [4.78, 5) is 7.36. The molecule has 3 nitrogen and oxygen atoms in total. The minimum absolute atomic E-state index is 0.0633. The van der Waals surface area contributed by atoms with E-state index in [2.05, 4.69) is 22.9 Å². The summed E-state index contributed by atoms with van der Waals surface area (Å²) in [5.41, 5.74) is 0. The van der Waals surface area contributed by atoms with Gasteiger partial charge in [-0.1, -0.05) is 18.5 Å². The van der Waals surface area contributed by atoms with Crippen LogP contribution in [0, 0.1) is 17.2 Å². The predicted octanol–water partition coefficient (Wildman–Crippen LogP) is 2.78. The number of hydrogen-bond donors (Lipinski definition) is 0. The monoisotopic (exact) mass is 243 g/mol. The molecule has 0 aliphatic carbocycles. The Bertz CT molecular complexity index is 345. The van der Waals surface area contributed by atoms with Crippen LogP contribution < -0.4 is 0 Å². The van der Waals surface area contributed by atoms with Crippen LogP contribution in [0.2, 0.25) is 4.47 Å². The van der Waals surface area contributed by atoms with Gasteiger partial charge in [0.05, 0.1) is 12.0 Å². The molecule has 5 heteroatoms. The maximum atomic E-state index is 8.74. The van der Waals surface area contributed by atoms with Crippen molar-refractivity contribution < 1.29 is 0 Å². The topological polar surface area (TPSA) is 39.9 Å². The molecule has 0 saturated carbocycles. The van der Waals surface area contributed by atoms with Crippen LogP contribution in [0.25, 0.3) is 0 Å². The summed E-state index contributed by atoms with van der Waals surface area (Å²) in [6, 6.07) is 2.24. The fraction of sp³-hybridized carbons (Fsp3) is 0.600. The van der Waals surface area contributed by atoms with Crippen molar-refractivity contribution in [2.45, 2.75) is 20.4 Å². The molecule has 1 aromatic rings. The van der Waals surface area contributed by atoms with Crippen molar-refractivity contribution in [3.8, 4) is 6.07 Å². The van der Waals surface area contributed by atoms with Crippen molar-refractivity contribution in [3.63, 3.8) is 0 Å². The van der Waals surface area contributed by atoms with Crippen LogP contribution in [0.5, 0.6) is 0 Å². The lowest BCUT2D eigenvalue weighted by Crippen LogP contribution is -2.27. The lowest BCUT2D eigenvalue weighted by Gasteiger charge is -2.20. The van der Waals surface area contributed by atoms with E-state index in [1.54, 1.807) is 6.20 Å². The molecule has 0 fully saturated rings. The molecule has 0 radical (unpaired) electrons. The average molecular weight is 244 g/mol. The fourth-order valence-electron chi connectivity index (χ4n) is 1.31. The number of halogens is 1. The fourth-order valence-corrected chi connectivity index (χ4v) is 2.33. The Kier molecular flexibility index (Phi) is 5.03. The van der Waals surface area contributed by atoms with Gasteiger partial charge in [-0.25, -0.2) is 4.98 Å².